The summed E-state index contributed by atoms with van der Waals surface area (Å²) in [4.78, 5) is 0. The van der Waals surface area contributed by atoms with Crippen LogP contribution in [0.1, 0.15) is 23.6 Å². The van der Waals surface area contributed by atoms with Crippen LogP contribution in [0, 0.1) is 13.8 Å². The molecule has 1 rings (SSSR count). The lowest BCUT2D eigenvalue weighted by molar-refractivity contribution is 0.0545. The van der Waals surface area contributed by atoms with E-state index in [0.717, 1.165) is 6.54 Å². The highest BCUT2D eigenvalue weighted by atomic mass is 16.5. The van der Waals surface area contributed by atoms with E-state index in [9.17, 15) is 0 Å². The summed E-state index contributed by atoms with van der Waals surface area (Å²) in [6.45, 7) is 7.94. The summed E-state index contributed by atoms with van der Waals surface area (Å²) in [5.74, 6) is 0. The van der Waals surface area contributed by atoms with Gasteiger partial charge in [-0.1, -0.05) is 18.2 Å². The minimum absolute atomic E-state index is 0.261. The van der Waals surface area contributed by atoms with Gasteiger partial charge in [0.1, 0.15) is 0 Å². The van der Waals surface area contributed by atoms with E-state index in [1.807, 2.05) is 7.05 Å². The van der Waals surface area contributed by atoms with Gasteiger partial charge in [-0.25, -0.2) is 0 Å². The topological polar surface area (TPSA) is 21.3 Å². The number of aryl methyl sites for hydroxylation is 2. The van der Waals surface area contributed by atoms with Gasteiger partial charge in [0.2, 0.25) is 0 Å². The van der Waals surface area contributed by atoms with Gasteiger partial charge >= 0.3 is 0 Å². The lowest BCUT2D eigenvalue weighted by atomic mass is 10.1. The Labute approximate surface area is 92.6 Å². The highest BCUT2D eigenvalue weighted by Crippen LogP contribution is 2.11. The van der Waals surface area contributed by atoms with Crippen molar-refractivity contribution in [3.63, 3.8) is 0 Å². The van der Waals surface area contributed by atoms with Gasteiger partial charge in [-0.15, -0.1) is 0 Å². The quantitative estimate of drug-likeness (QED) is 0.800. The Morgan fingerprint density at radius 1 is 1.27 bits per heavy atom. The maximum absolute atomic E-state index is 5.70. The molecule has 0 heterocycles. The monoisotopic (exact) mass is 207 g/mol. The zero-order valence-corrected chi connectivity index (χ0v) is 10.1. The molecule has 0 saturated heterocycles. The molecule has 0 saturated carbocycles. The normalized spacial score (nSPS) is 12.8. The van der Waals surface area contributed by atoms with E-state index in [1.54, 1.807) is 0 Å². The van der Waals surface area contributed by atoms with Crippen molar-refractivity contribution >= 4 is 0 Å². The minimum Gasteiger partial charge on any atom is -0.373 e. The summed E-state index contributed by atoms with van der Waals surface area (Å²) in [6, 6.07) is 6.48. The van der Waals surface area contributed by atoms with Crippen molar-refractivity contribution in [3.05, 3.63) is 34.9 Å². The van der Waals surface area contributed by atoms with Crippen molar-refractivity contribution < 1.29 is 4.74 Å². The second-order valence-electron chi connectivity index (χ2n) is 4.10. The number of ether oxygens (including phenoxy) is 1. The Bertz CT molecular complexity index is 309. The maximum Gasteiger partial charge on any atom is 0.0721 e. The highest BCUT2D eigenvalue weighted by molar-refractivity contribution is 5.29. The first-order valence-corrected chi connectivity index (χ1v) is 5.46. The van der Waals surface area contributed by atoms with Crippen LogP contribution in [0.25, 0.3) is 0 Å². The van der Waals surface area contributed by atoms with Crippen molar-refractivity contribution in [2.24, 2.45) is 0 Å². The molecule has 0 amide bonds. The van der Waals surface area contributed by atoms with E-state index in [0.29, 0.717) is 6.61 Å². The zero-order chi connectivity index (χ0) is 11.3. The number of nitrogens with one attached hydrogen (secondary N) is 1. The van der Waals surface area contributed by atoms with Crippen molar-refractivity contribution in [1.29, 1.82) is 0 Å². The average Bonchev–Trinajstić information content (AvgIpc) is 2.20. The van der Waals surface area contributed by atoms with Crippen LogP contribution in [-0.4, -0.2) is 19.7 Å². The number of hydrogen-bond acceptors (Lipinski definition) is 2. The van der Waals surface area contributed by atoms with Gasteiger partial charge in [0.05, 0.1) is 12.7 Å². The molecular weight excluding hydrogens is 186 g/mol. The molecule has 1 unspecified atom stereocenters. The fourth-order valence-electron chi connectivity index (χ4n) is 1.48. The summed E-state index contributed by atoms with van der Waals surface area (Å²) < 4.78 is 5.70. The Kier molecular flexibility index (Phi) is 4.79. The van der Waals surface area contributed by atoms with Crippen molar-refractivity contribution in [1.82, 2.24) is 5.32 Å². The first kappa shape index (κ1) is 12.2. The zero-order valence-electron chi connectivity index (χ0n) is 10.1. The summed E-state index contributed by atoms with van der Waals surface area (Å²) >= 11 is 0. The molecule has 0 radical (unpaired) electrons. The van der Waals surface area contributed by atoms with Gasteiger partial charge in [-0.3, -0.25) is 0 Å². The Morgan fingerprint density at radius 3 is 2.60 bits per heavy atom. The second kappa shape index (κ2) is 5.89. The summed E-state index contributed by atoms with van der Waals surface area (Å²) in [6.07, 6.45) is 0.261. The molecule has 0 bridgehead atoms. The van der Waals surface area contributed by atoms with Crippen molar-refractivity contribution in [2.75, 3.05) is 13.6 Å². The smallest absolute Gasteiger partial charge is 0.0721 e. The molecule has 0 aliphatic carbocycles. The Balaban J connectivity index is 2.47. The Hall–Kier alpha value is -0.860. The number of likely N-dealkylation sites (N-methyl/N-ethyl adjacent to an activating group) is 1. The fourth-order valence-corrected chi connectivity index (χ4v) is 1.48. The van der Waals surface area contributed by atoms with E-state index in [1.165, 1.54) is 16.7 Å². The van der Waals surface area contributed by atoms with Crippen LogP contribution in [0.3, 0.4) is 0 Å². The largest absolute Gasteiger partial charge is 0.373 e. The molecule has 0 aliphatic rings. The van der Waals surface area contributed by atoms with E-state index < -0.39 is 0 Å². The van der Waals surface area contributed by atoms with E-state index >= 15 is 0 Å². The van der Waals surface area contributed by atoms with Crippen molar-refractivity contribution in [3.8, 4) is 0 Å². The molecule has 0 spiro atoms. The van der Waals surface area contributed by atoms with Gasteiger partial charge in [0.25, 0.3) is 0 Å². The van der Waals surface area contributed by atoms with Crippen LogP contribution >= 0.6 is 0 Å². The summed E-state index contributed by atoms with van der Waals surface area (Å²) in [7, 11) is 1.94. The number of rotatable bonds is 5. The van der Waals surface area contributed by atoms with E-state index in [-0.39, 0.29) is 6.10 Å². The molecule has 2 heteroatoms. The molecule has 1 aromatic carbocycles. The number of hydrogen-bond donors (Lipinski definition) is 1. The lowest BCUT2D eigenvalue weighted by Gasteiger charge is -2.13. The van der Waals surface area contributed by atoms with Crippen molar-refractivity contribution in [2.45, 2.75) is 33.5 Å². The molecule has 0 aliphatic heterocycles. The van der Waals surface area contributed by atoms with Gasteiger partial charge in [-0.05, 0) is 44.5 Å². The Morgan fingerprint density at radius 2 is 2.00 bits per heavy atom. The molecule has 15 heavy (non-hydrogen) atoms. The van der Waals surface area contributed by atoms with Gasteiger partial charge in [-0.2, -0.15) is 0 Å². The fraction of sp³-hybridized carbons (Fsp3) is 0.538. The SMILES string of the molecule is CNCC(C)OCc1ccc(C)c(C)c1. The first-order valence-electron chi connectivity index (χ1n) is 5.46. The summed E-state index contributed by atoms with van der Waals surface area (Å²) in [5.41, 5.74) is 3.92. The molecule has 2 nitrogen and oxygen atoms in total. The van der Waals surface area contributed by atoms with Crippen LogP contribution in [0.15, 0.2) is 18.2 Å². The first-order chi connectivity index (χ1) is 7.13. The van der Waals surface area contributed by atoms with Gasteiger partial charge in [0, 0.05) is 6.54 Å². The predicted octanol–water partition coefficient (Wildman–Crippen LogP) is 2.43. The molecule has 1 aromatic rings. The van der Waals surface area contributed by atoms with Crippen LogP contribution in [0.2, 0.25) is 0 Å². The third kappa shape index (κ3) is 4.02. The molecule has 84 valence electrons. The average molecular weight is 207 g/mol. The van der Waals surface area contributed by atoms with Gasteiger partial charge < -0.3 is 10.1 Å². The van der Waals surface area contributed by atoms with E-state index in [4.69, 9.17) is 4.74 Å². The van der Waals surface area contributed by atoms with E-state index in [2.05, 4.69) is 44.3 Å². The van der Waals surface area contributed by atoms with Crippen LogP contribution in [0.5, 0.6) is 0 Å². The molecule has 1 atom stereocenters. The number of benzene rings is 1. The molecule has 1 N–H and O–H groups in total. The van der Waals surface area contributed by atoms with Crippen LogP contribution in [0.4, 0.5) is 0 Å². The maximum atomic E-state index is 5.70. The highest BCUT2D eigenvalue weighted by Gasteiger charge is 2.01. The summed E-state index contributed by atoms with van der Waals surface area (Å²) in [5, 5.41) is 3.10. The van der Waals surface area contributed by atoms with Gasteiger partial charge in [0.15, 0.2) is 0 Å². The standard InChI is InChI=1S/C13H21NO/c1-10-5-6-13(7-11(10)2)9-15-12(3)8-14-4/h5-7,12,14H,8-9H2,1-4H3. The lowest BCUT2D eigenvalue weighted by Crippen LogP contribution is -2.23. The third-order valence-electron chi connectivity index (χ3n) is 2.60. The predicted molar refractivity (Wildman–Crippen MR) is 64.1 cm³/mol. The molecule has 0 aromatic heterocycles. The molecular formula is C13H21NO. The van der Waals surface area contributed by atoms with Crippen LogP contribution in [-0.2, 0) is 11.3 Å². The minimum atomic E-state index is 0.261. The van der Waals surface area contributed by atoms with Crippen LogP contribution < -0.4 is 5.32 Å². The second-order valence-corrected chi connectivity index (χ2v) is 4.10. The molecule has 0 fully saturated rings. The third-order valence-corrected chi connectivity index (χ3v) is 2.60.